The fraction of sp³-hybridized carbons (Fsp3) is 0.300. The minimum Gasteiger partial charge on any atom is -0.493 e. The predicted octanol–water partition coefficient (Wildman–Crippen LogP) is 1.94. The summed E-state index contributed by atoms with van der Waals surface area (Å²) < 4.78 is 41.1. The Morgan fingerprint density at radius 2 is 1.73 bits per heavy atom. The highest BCUT2D eigenvalue weighted by atomic mass is 32.2. The van der Waals surface area contributed by atoms with E-state index in [0.717, 1.165) is 16.1 Å². The van der Waals surface area contributed by atoms with Crippen molar-refractivity contribution in [2.24, 2.45) is 5.10 Å². The zero-order valence-corrected chi connectivity index (χ0v) is 18.3. The van der Waals surface area contributed by atoms with Crippen molar-refractivity contribution in [3.8, 4) is 17.2 Å². The van der Waals surface area contributed by atoms with Crippen molar-refractivity contribution in [2.75, 3.05) is 38.4 Å². The van der Waals surface area contributed by atoms with Gasteiger partial charge in [0.2, 0.25) is 15.8 Å². The summed E-state index contributed by atoms with van der Waals surface area (Å²) >= 11 is 0. The van der Waals surface area contributed by atoms with Gasteiger partial charge < -0.3 is 14.2 Å². The van der Waals surface area contributed by atoms with Crippen LogP contribution in [0, 0.1) is 6.92 Å². The molecule has 0 aliphatic heterocycles. The number of carbonyl (C=O) groups excluding carboxylic acids is 1. The largest absolute Gasteiger partial charge is 0.493 e. The Kier molecular flexibility index (Phi) is 7.65. The SMILES string of the molecule is COc1cc(/C=N\NC(=O)CN(c2cccc(C)c2)S(C)(=O)=O)cc(OC)c1OC. The molecule has 0 aromatic heterocycles. The Labute approximate surface area is 176 Å². The Hall–Kier alpha value is -3.27. The molecule has 0 heterocycles. The van der Waals surface area contributed by atoms with Crippen molar-refractivity contribution in [3.63, 3.8) is 0 Å². The number of rotatable bonds is 9. The Bertz CT molecular complexity index is 1010. The minimum absolute atomic E-state index is 0.404. The van der Waals surface area contributed by atoms with E-state index in [1.54, 1.807) is 30.3 Å². The van der Waals surface area contributed by atoms with E-state index in [4.69, 9.17) is 14.2 Å². The number of hydrogen-bond donors (Lipinski definition) is 1. The number of nitrogens with zero attached hydrogens (tertiary/aromatic N) is 2. The summed E-state index contributed by atoms with van der Waals surface area (Å²) in [5.74, 6) is 0.716. The topological polar surface area (TPSA) is 107 Å². The van der Waals surface area contributed by atoms with Crippen LogP contribution in [0.15, 0.2) is 41.5 Å². The molecule has 1 N–H and O–H groups in total. The highest BCUT2D eigenvalue weighted by Crippen LogP contribution is 2.37. The number of hydrazone groups is 1. The molecule has 162 valence electrons. The Morgan fingerprint density at radius 3 is 2.23 bits per heavy atom. The second kappa shape index (κ2) is 9.97. The van der Waals surface area contributed by atoms with E-state index >= 15 is 0 Å². The van der Waals surface area contributed by atoms with Crippen LogP contribution in [0.3, 0.4) is 0 Å². The van der Waals surface area contributed by atoms with Crippen LogP contribution in [0.25, 0.3) is 0 Å². The van der Waals surface area contributed by atoms with E-state index in [2.05, 4.69) is 10.5 Å². The van der Waals surface area contributed by atoms with E-state index in [1.165, 1.54) is 27.5 Å². The quantitative estimate of drug-likeness (QED) is 0.477. The van der Waals surface area contributed by atoms with Crippen molar-refractivity contribution in [3.05, 3.63) is 47.5 Å². The van der Waals surface area contributed by atoms with E-state index in [9.17, 15) is 13.2 Å². The molecule has 0 bridgehead atoms. The van der Waals surface area contributed by atoms with Crippen LogP contribution in [-0.2, 0) is 14.8 Å². The average molecular weight is 436 g/mol. The molecule has 0 saturated carbocycles. The van der Waals surface area contributed by atoms with Gasteiger partial charge in [-0.2, -0.15) is 5.10 Å². The van der Waals surface area contributed by atoms with Crippen LogP contribution < -0.4 is 23.9 Å². The number of hydrogen-bond acceptors (Lipinski definition) is 7. The minimum atomic E-state index is -3.66. The second-order valence-corrected chi connectivity index (χ2v) is 8.27. The smallest absolute Gasteiger partial charge is 0.260 e. The van der Waals surface area contributed by atoms with Gasteiger partial charge in [0.15, 0.2) is 11.5 Å². The summed E-state index contributed by atoms with van der Waals surface area (Å²) in [6, 6.07) is 10.2. The summed E-state index contributed by atoms with van der Waals surface area (Å²) in [5, 5.41) is 3.90. The Morgan fingerprint density at radius 1 is 1.10 bits per heavy atom. The maximum Gasteiger partial charge on any atom is 0.260 e. The number of amides is 1. The third-order valence-electron chi connectivity index (χ3n) is 4.07. The number of sulfonamides is 1. The van der Waals surface area contributed by atoms with Crippen LogP contribution in [-0.4, -0.2) is 54.7 Å². The molecule has 0 aliphatic rings. The lowest BCUT2D eigenvalue weighted by atomic mass is 10.2. The predicted molar refractivity (Wildman–Crippen MR) is 115 cm³/mol. The number of aryl methyl sites for hydroxylation is 1. The molecule has 0 aliphatic carbocycles. The highest BCUT2D eigenvalue weighted by Gasteiger charge is 2.20. The number of methoxy groups -OCH3 is 3. The van der Waals surface area contributed by atoms with E-state index < -0.39 is 22.5 Å². The average Bonchev–Trinajstić information content (AvgIpc) is 2.70. The van der Waals surface area contributed by atoms with Crippen molar-refractivity contribution >= 4 is 27.8 Å². The molecule has 0 atom stereocenters. The Balaban J connectivity index is 2.15. The summed E-state index contributed by atoms with van der Waals surface area (Å²) in [6.45, 7) is 1.43. The maximum absolute atomic E-state index is 12.3. The lowest BCUT2D eigenvalue weighted by molar-refractivity contribution is -0.119. The number of anilines is 1. The zero-order chi connectivity index (χ0) is 22.3. The normalized spacial score (nSPS) is 11.2. The number of ether oxygens (including phenoxy) is 3. The van der Waals surface area contributed by atoms with Gasteiger partial charge in [-0.3, -0.25) is 9.10 Å². The number of carbonyl (C=O) groups is 1. The molecule has 0 unspecified atom stereocenters. The molecule has 2 aromatic carbocycles. The lowest BCUT2D eigenvalue weighted by Gasteiger charge is -2.21. The van der Waals surface area contributed by atoms with Crippen LogP contribution in [0.5, 0.6) is 17.2 Å². The molecule has 10 heteroatoms. The molecule has 9 nitrogen and oxygen atoms in total. The van der Waals surface area contributed by atoms with Gasteiger partial charge in [-0.1, -0.05) is 12.1 Å². The first-order valence-electron chi connectivity index (χ1n) is 8.86. The first kappa shape index (κ1) is 23.0. The van der Waals surface area contributed by atoms with Gasteiger partial charge in [-0.15, -0.1) is 0 Å². The highest BCUT2D eigenvalue weighted by molar-refractivity contribution is 7.92. The zero-order valence-electron chi connectivity index (χ0n) is 17.5. The molecule has 0 spiro atoms. The van der Waals surface area contributed by atoms with Crippen LogP contribution in [0.2, 0.25) is 0 Å². The van der Waals surface area contributed by atoms with Crippen molar-refractivity contribution in [2.45, 2.75) is 6.92 Å². The van der Waals surface area contributed by atoms with Crippen molar-refractivity contribution in [1.29, 1.82) is 0 Å². The van der Waals surface area contributed by atoms with Gasteiger partial charge >= 0.3 is 0 Å². The standard InChI is InChI=1S/C20H25N3O6S/c1-14-7-6-8-16(9-14)23(30(5,25)26)13-19(24)22-21-12-15-10-17(27-2)20(29-4)18(11-15)28-3/h6-12H,13H2,1-5H3,(H,22,24)/b21-12-. The molecular weight excluding hydrogens is 410 g/mol. The van der Waals surface area contributed by atoms with E-state index in [0.29, 0.717) is 28.5 Å². The summed E-state index contributed by atoms with van der Waals surface area (Å²) in [7, 11) is 0.819. The molecular formula is C20H25N3O6S. The molecule has 0 fully saturated rings. The van der Waals surface area contributed by atoms with E-state index in [-0.39, 0.29) is 0 Å². The second-order valence-electron chi connectivity index (χ2n) is 6.36. The third kappa shape index (κ3) is 5.86. The summed E-state index contributed by atoms with van der Waals surface area (Å²) in [6.07, 6.45) is 2.43. The summed E-state index contributed by atoms with van der Waals surface area (Å²) in [5.41, 5.74) is 4.20. The van der Waals surface area contributed by atoms with Gasteiger partial charge in [0.05, 0.1) is 39.5 Å². The van der Waals surface area contributed by atoms with Gasteiger partial charge in [0.25, 0.3) is 5.91 Å². The molecule has 0 saturated heterocycles. The first-order chi connectivity index (χ1) is 14.2. The molecule has 2 rings (SSSR count). The van der Waals surface area contributed by atoms with Gasteiger partial charge in [-0.25, -0.2) is 13.8 Å². The van der Waals surface area contributed by atoms with E-state index in [1.807, 2.05) is 13.0 Å². The maximum atomic E-state index is 12.3. The van der Waals surface area contributed by atoms with Crippen LogP contribution in [0.4, 0.5) is 5.69 Å². The van der Waals surface area contributed by atoms with Gasteiger partial charge in [0, 0.05) is 5.56 Å². The first-order valence-corrected chi connectivity index (χ1v) is 10.7. The molecule has 2 aromatic rings. The monoisotopic (exact) mass is 435 g/mol. The molecule has 0 radical (unpaired) electrons. The third-order valence-corrected chi connectivity index (χ3v) is 5.21. The number of benzene rings is 2. The van der Waals surface area contributed by atoms with Crippen LogP contribution in [0.1, 0.15) is 11.1 Å². The van der Waals surface area contributed by atoms with Crippen molar-refractivity contribution in [1.82, 2.24) is 5.43 Å². The van der Waals surface area contributed by atoms with Crippen molar-refractivity contribution < 1.29 is 27.4 Å². The fourth-order valence-electron chi connectivity index (χ4n) is 2.70. The summed E-state index contributed by atoms with van der Waals surface area (Å²) in [4.78, 5) is 12.3. The molecule has 30 heavy (non-hydrogen) atoms. The van der Waals surface area contributed by atoms with Crippen LogP contribution >= 0.6 is 0 Å². The lowest BCUT2D eigenvalue weighted by Crippen LogP contribution is -2.39. The van der Waals surface area contributed by atoms with Gasteiger partial charge in [-0.05, 0) is 36.8 Å². The number of nitrogens with one attached hydrogen (secondary N) is 1. The molecule has 1 amide bonds. The fourth-order valence-corrected chi connectivity index (χ4v) is 3.55. The van der Waals surface area contributed by atoms with Gasteiger partial charge in [0.1, 0.15) is 6.54 Å².